The minimum absolute atomic E-state index is 0.0950. The number of nitrogens with zero attached hydrogens (tertiary/aromatic N) is 2. The Morgan fingerprint density at radius 3 is 2.82 bits per heavy atom. The molecule has 0 saturated carbocycles. The first-order chi connectivity index (χ1) is 10.6. The zero-order valence-electron chi connectivity index (χ0n) is 13.7. The summed E-state index contributed by atoms with van der Waals surface area (Å²) < 4.78 is 4.63. The summed E-state index contributed by atoms with van der Waals surface area (Å²) in [5.74, 6) is 1.01. The van der Waals surface area contributed by atoms with Gasteiger partial charge >= 0.3 is 5.97 Å². The van der Waals surface area contributed by atoms with Crippen LogP contribution in [0.3, 0.4) is 0 Å². The number of methoxy groups -OCH3 is 1. The van der Waals surface area contributed by atoms with E-state index in [1.54, 1.807) is 11.8 Å². The number of unbranched alkanes of at least 4 members (excludes halogenated alkanes) is 5. The molecule has 0 aromatic carbocycles. The Bertz CT molecular complexity index is 405. The molecule has 2 aliphatic rings. The van der Waals surface area contributed by atoms with Gasteiger partial charge in [0.05, 0.1) is 7.11 Å². The van der Waals surface area contributed by atoms with E-state index >= 15 is 0 Å². The van der Waals surface area contributed by atoms with Gasteiger partial charge in [-0.2, -0.15) is 5.10 Å². The number of rotatable bonds is 9. The van der Waals surface area contributed by atoms with Crippen molar-refractivity contribution in [2.75, 3.05) is 19.4 Å². The molecule has 0 bridgehead atoms. The van der Waals surface area contributed by atoms with Gasteiger partial charge in [-0.05, 0) is 26.2 Å². The number of hydrogen-bond donors (Lipinski definition) is 2. The third kappa shape index (κ3) is 5.35. The number of thioether (sulfide) groups is 1. The van der Waals surface area contributed by atoms with E-state index in [0.717, 1.165) is 36.7 Å². The van der Waals surface area contributed by atoms with Crippen molar-refractivity contribution >= 4 is 22.9 Å². The summed E-state index contributed by atoms with van der Waals surface area (Å²) in [6.07, 6.45) is 8.50. The van der Waals surface area contributed by atoms with E-state index in [1.807, 2.05) is 0 Å². The van der Waals surface area contributed by atoms with Crippen LogP contribution in [0.25, 0.3) is 0 Å². The number of carbonyl (C=O) groups excluding carboxylic acids is 1. The van der Waals surface area contributed by atoms with Gasteiger partial charge < -0.3 is 4.74 Å². The van der Waals surface area contributed by atoms with Gasteiger partial charge in [0.15, 0.2) is 5.17 Å². The Hall–Kier alpha value is -0.950. The van der Waals surface area contributed by atoms with Crippen molar-refractivity contribution < 1.29 is 9.53 Å². The molecule has 0 spiro atoms. The molecule has 2 aliphatic heterocycles. The van der Waals surface area contributed by atoms with Gasteiger partial charge in [-0.15, -0.1) is 0 Å². The maximum absolute atomic E-state index is 11.0. The van der Waals surface area contributed by atoms with E-state index in [4.69, 9.17) is 0 Å². The van der Waals surface area contributed by atoms with E-state index in [9.17, 15) is 4.79 Å². The monoisotopic (exact) mass is 328 g/mol. The van der Waals surface area contributed by atoms with Crippen LogP contribution >= 0.6 is 11.8 Å². The molecule has 1 fully saturated rings. The second kappa shape index (κ2) is 8.62. The molecular weight excluding hydrogens is 300 g/mol. The molecule has 6 nitrogen and oxygen atoms in total. The van der Waals surface area contributed by atoms with Crippen LogP contribution in [-0.4, -0.2) is 41.2 Å². The average Bonchev–Trinajstić information content (AvgIpc) is 2.96. The lowest BCUT2D eigenvalue weighted by atomic mass is 10.0. The molecule has 7 heteroatoms. The van der Waals surface area contributed by atoms with Gasteiger partial charge in [0.1, 0.15) is 5.66 Å². The number of hydrogen-bond acceptors (Lipinski definition) is 7. The molecular formula is C15H28N4O2S. The standard InChI is InChI=1S/C15H28N4O2S/c1-15(17-16-14-19(18-15)11-12-22-14)10-8-6-4-3-5-7-9-13(20)21-2/h17-18H,3-12H2,1-2H3. The minimum Gasteiger partial charge on any atom is -0.469 e. The van der Waals surface area contributed by atoms with Crippen molar-refractivity contribution in [3.8, 4) is 0 Å². The molecule has 2 rings (SSSR count). The number of fused-ring (bicyclic) bond motifs is 1. The maximum atomic E-state index is 11.0. The first kappa shape index (κ1) is 17.4. The SMILES string of the molecule is COC(=O)CCCCCCCCC1(C)NN=C2SCCN2N1. The van der Waals surface area contributed by atoms with Crippen LogP contribution in [0.15, 0.2) is 5.10 Å². The number of amidine groups is 1. The largest absolute Gasteiger partial charge is 0.469 e. The number of carbonyl (C=O) groups is 1. The fourth-order valence-corrected chi connectivity index (χ4v) is 3.62. The van der Waals surface area contributed by atoms with Crippen LogP contribution in [0.4, 0.5) is 0 Å². The van der Waals surface area contributed by atoms with Gasteiger partial charge in [-0.1, -0.05) is 37.4 Å². The van der Waals surface area contributed by atoms with Crippen molar-refractivity contribution in [3.63, 3.8) is 0 Å². The van der Waals surface area contributed by atoms with Crippen LogP contribution < -0.4 is 10.9 Å². The van der Waals surface area contributed by atoms with Crippen molar-refractivity contribution in [1.29, 1.82) is 0 Å². The van der Waals surface area contributed by atoms with E-state index in [2.05, 4.69) is 32.6 Å². The summed E-state index contributed by atoms with van der Waals surface area (Å²) in [6.45, 7) is 3.20. The molecule has 0 amide bonds. The summed E-state index contributed by atoms with van der Waals surface area (Å²) in [6, 6.07) is 0. The first-order valence-corrected chi connectivity index (χ1v) is 9.21. The third-order valence-electron chi connectivity index (χ3n) is 4.09. The van der Waals surface area contributed by atoms with Gasteiger partial charge in [-0.3, -0.25) is 15.2 Å². The first-order valence-electron chi connectivity index (χ1n) is 8.23. The average molecular weight is 328 g/mol. The molecule has 0 aliphatic carbocycles. The zero-order valence-corrected chi connectivity index (χ0v) is 14.5. The summed E-state index contributed by atoms with van der Waals surface area (Å²) in [5, 5.41) is 7.68. The number of hydrazine groups is 1. The second-order valence-electron chi connectivity index (χ2n) is 6.15. The smallest absolute Gasteiger partial charge is 0.305 e. The number of ether oxygens (including phenoxy) is 1. The Balaban J connectivity index is 1.51. The zero-order chi connectivity index (χ0) is 15.8. The molecule has 1 unspecified atom stereocenters. The summed E-state index contributed by atoms with van der Waals surface area (Å²) in [5.41, 5.74) is 6.68. The molecule has 0 radical (unpaired) electrons. The molecule has 0 aromatic rings. The van der Waals surface area contributed by atoms with Gasteiger partial charge in [-0.25, -0.2) is 5.43 Å². The Morgan fingerprint density at radius 1 is 1.32 bits per heavy atom. The molecule has 1 atom stereocenters. The predicted molar refractivity (Wildman–Crippen MR) is 90.2 cm³/mol. The number of esters is 1. The van der Waals surface area contributed by atoms with E-state index in [1.165, 1.54) is 32.8 Å². The third-order valence-corrected chi connectivity index (χ3v) is 5.05. The number of nitrogens with one attached hydrogen (secondary N) is 2. The molecule has 0 aromatic heterocycles. The quantitative estimate of drug-likeness (QED) is 0.500. The van der Waals surface area contributed by atoms with E-state index in [-0.39, 0.29) is 11.6 Å². The van der Waals surface area contributed by atoms with Gasteiger partial charge in [0, 0.05) is 18.7 Å². The second-order valence-corrected chi connectivity index (χ2v) is 7.21. The fraction of sp³-hybridized carbons (Fsp3) is 0.867. The molecule has 1 saturated heterocycles. The Kier molecular flexibility index (Phi) is 6.82. The highest BCUT2D eigenvalue weighted by molar-refractivity contribution is 8.14. The van der Waals surface area contributed by atoms with Crippen LogP contribution in [0.5, 0.6) is 0 Å². The van der Waals surface area contributed by atoms with Crippen LogP contribution in [0.1, 0.15) is 58.3 Å². The Morgan fingerprint density at radius 2 is 2.05 bits per heavy atom. The topological polar surface area (TPSA) is 66.0 Å². The highest BCUT2D eigenvalue weighted by atomic mass is 32.2. The lowest BCUT2D eigenvalue weighted by molar-refractivity contribution is -0.140. The van der Waals surface area contributed by atoms with Crippen LogP contribution in [0.2, 0.25) is 0 Å². The van der Waals surface area contributed by atoms with Crippen molar-refractivity contribution in [1.82, 2.24) is 15.9 Å². The van der Waals surface area contributed by atoms with Crippen molar-refractivity contribution in [2.45, 2.75) is 64.0 Å². The molecule has 2 N–H and O–H groups in total. The van der Waals surface area contributed by atoms with Gasteiger partial charge in [0.25, 0.3) is 0 Å². The summed E-state index contributed by atoms with van der Waals surface area (Å²) in [4.78, 5) is 11.0. The highest BCUT2D eigenvalue weighted by Gasteiger charge is 2.33. The Labute approximate surface area is 137 Å². The molecule has 2 heterocycles. The molecule has 22 heavy (non-hydrogen) atoms. The van der Waals surface area contributed by atoms with E-state index < -0.39 is 0 Å². The van der Waals surface area contributed by atoms with Crippen molar-refractivity contribution in [3.05, 3.63) is 0 Å². The normalized spacial score (nSPS) is 23.7. The minimum atomic E-state index is -0.126. The van der Waals surface area contributed by atoms with E-state index in [0.29, 0.717) is 6.42 Å². The highest BCUT2D eigenvalue weighted by Crippen LogP contribution is 2.23. The number of hydrazone groups is 1. The maximum Gasteiger partial charge on any atom is 0.305 e. The summed E-state index contributed by atoms with van der Waals surface area (Å²) >= 11 is 1.79. The lowest BCUT2D eigenvalue weighted by Crippen LogP contribution is -2.63. The summed E-state index contributed by atoms with van der Waals surface area (Å²) in [7, 11) is 1.45. The fourth-order valence-electron chi connectivity index (χ4n) is 2.76. The van der Waals surface area contributed by atoms with Crippen LogP contribution in [-0.2, 0) is 9.53 Å². The van der Waals surface area contributed by atoms with Gasteiger partial charge in [0.2, 0.25) is 0 Å². The van der Waals surface area contributed by atoms with Crippen molar-refractivity contribution in [2.24, 2.45) is 5.10 Å². The lowest BCUT2D eigenvalue weighted by Gasteiger charge is -2.39. The van der Waals surface area contributed by atoms with Crippen LogP contribution in [0, 0.1) is 0 Å². The predicted octanol–water partition coefficient (Wildman–Crippen LogP) is 2.42. The molecule has 126 valence electrons.